The van der Waals surface area contributed by atoms with Crippen LogP contribution in [0.1, 0.15) is 6.92 Å². The van der Waals surface area contributed by atoms with Gasteiger partial charge in [-0.05, 0) is 19.1 Å². The molecule has 0 bridgehead atoms. The van der Waals surface area contributed by atoms with Gasteiger partial charge in [-0.2, -0.15) is 0 Å². The van der Waals surface area contributed by atoms with Gasteiger partial charge in [-0.15, -0.1) is 0 Å². The van der Waals surface area contributed by atoms with E-state index in [0.717, 1.165) is 12.1 Å². The molecule has 194 valence electrons. The Balaban J connectivity index is 1.83. The molecule has 0 spiro atoms. The molecule has 1 aliphatic heterocycles. The zero-order valence-corrected chi connectivity index (χ0v) is 19.8. The van der Waals surface area contributed by atoms with E-state index in [9.17, 15) is 30.3 Å². The second-order valence-electron chi connectivity index (χ2n) is 8.13. The van der Waals surface area contributed by atoms with E-state index in [1.165, 1.54) is 40.4 Å². The average Bonchev–Trinajstić information content (AvgIpc) is 2.85. The van der Waals surface area contributed by atoms with Gasteiger partial charge in [-0.25, -0.2) is 0 Å². The normalized spacial score (nSPS) is 23.9. The summed E-state index contributed by atoms with van der Waals surface area (Å²) in [4.78, 5) is 12.8. The van der Waals surface area contributed by atoms with Crippen molar-refractivity contribution in [1.82, 2.24) is 0 Å². The van der Waals surface area contributed by atoms with Crippen LogP contribution in [0.5, 0.6) is 34.5 Å². The number of aromatic hydroxyl groups is 2. The number of fused-ring (bicyclic) bond motifs is 1. The van der Waals surface area contributed by atoms with Gasteiger partial charge in [0.05, 0.1) is 27.4 Å². The molecule has 36 heavy (non-hydrogen) atoms. The molecule has 0 amide bonds. The molecule has 5 atom stereocenters. The highest BCUT2D eigenvalue weighted by atomic mass is 16.7. The lowest BCUT2D eigenvalue weighted by Gasteiger charge is -2.39. The van der Waals surface area contributed by atoms with E-state index in [0.29, 0.717) is 0 Å². The third kappa shape index (κ3) is 4.24. The minimum Gasteiger partial charge on any atom is -0.504 e. The van der Waals surface area contributed by atoms with Crippen LogP contribution in [0.25, 0.3) is 22.3 Å². The molecule has 0 aliphatic carbocycles. The molecule has 12 heteroatoms. The Morgan fingerprint density at radius 1 is 0.833 bits per heavy atom. The quantitative estimate of drug-likeness (QED) is 0.322. The van der Waals surface area contributed by atoms with E-state index in [2.05, 4.69) is 0 Å². The fourth-order valence-electron chi connectivity index (χ4n) is 4.01. The molecule has 1 aliphatic rings. The van der Waals surface area contributed by atoms with Crippen molar-refractivity contribution in [2.24, 2.45) is 0 Å². The second kappa shape index (κ2) is 9.74. The summed E-state index contributed by atoms with van der Waals surface area (Å²) in [5.74, 6) is -0.941. The molecule has 3 aromatic rings. The van der Waals surface area contributed by atoms with Crippen molar-refractivity contribution in [3.05, 3.63) is 34.5 Å². The molecule has 12 nitrogen and oxygen atoms in total. The van der Waals surface area contributed by atoms with Gasteiger partial charge >= 0.3 is 0 Å². The topological polar surface area (TPSA) is 178 Å². The number of methoxy groups -OCH3 is 3. The van der Waals surface area contributed by atoms with Crippen LogP contribution < -0.4 is 24.4 Å². The lowest BCUT2D eigenvalue weighted by molar-refractivity contribution is -0.268. The van der Waals surface area contributed by atoms with Crippen molar-refractivity contribution in [3.8, 4) is 45.8 Å². The number of aliphatic hydroxyl groups is 3. The molecule has 5 N–H and O–H groups in total. The fraction of sp³-hybridized carbons (Fsp3) is 0.375. The van der Waals surface area contributed by atoms with E-state index < -0.39 is 47.6 Å². The maximum Gasteiger partial charge on any atom is 0.229 e. The van der Waals surface area contributed by atoms with Gasteiger partial charge in [0.15, 0.2) is 28.4 Å². The predicted octanol–water partition coefficient (Wildman–Crippen LogP) is 1.10. The third-order valence-electron chi connectivity index (χ3n) is 5.91. The molecule has 0 saturated carbocycles. The monoisotopic (exact) mass is 506 g/mol. The first-order chi connectivity index (χ1) is 17.1. The predicted molar refractivity (Wildman–Crippen MR) is 124 cm³/mol. The standard InChI is InChI=1S/C24H26O12/c1-9-18(27)20(29)21(30)24(34-9)36-16-6-10(5-15(31-2)23(16)33-4)13-7-11(25)17-14(35-13)8-12(26)22(32-3)19(17)28/h5-9,18,20-21,24,26-30H,1-4H3/t9-,18-,20+,21-,24-/m0/s1. The van der Waals surface area contributed by atoms with E-state index in [4.69, 9.17) is 28.1 Å². The van der Waals surface area contributed by atoms with Crippen molar-refractivity contribution < 1.29 is 53.6 Å². The van der Waals surface area contributed by atoms with Crippen LogP contribution in [0.3, 0.4) is 0 Å². The number of ether oxygens (including phenoxy) is 5. The molecule has 4 rings (SSSR count). The molecular weight excluding hydrogens is 480 g/mol. The maximum absolute atomic E-state index is 12.8. The van der Waals surface area contributed by atoms with E-state index in [1.807, 2.05) is 0 Å². The number of aliphatic hydroxyl groups excluding tert-OH is 3. The van der Waals surface area contributed by atoms with Gasteiger partial charge in [0.2, 0.25) is 17.8 Å². The highest BCUT2D eigenvalue weighted by Gasteiger charge is 2.43. The van der Waals surface area contributed by atoms with Crippen molar-refractivity contribution in [1.29, 1.82) is 0 Å². The van der Waals surface area contributed by atoms with E-state index in [-0.39, 0.29) is 45.3 Å². The lowest BCUT2D eigenvalue weighted by Crippen LogP contribution is -2.58. The molecule has 2 aromatic carbocycles. The van der Waals surface area contributed by atoms with Crippen molar-refractivity contribution in [2.75, 3.05) is 21.3 Å². The van der Waals surface area contributed by atoms with Crippen LogP contribution in [0.15, 0.2) is 33.5 Å². The minimum absolute atomic E-state index is 0.00913. The Morgan fingerprint density at radius 3 is 2.14 bits per heavy atom. The number of phenolic OH excluding ortho intramolecular Hbond substituents is 2. The Bertz CT molecular complexity index is 1330. The first-order valence-electron chi connectivity index (χ1n) is 10.8. The smallest absolute Gasteiger partial charge is 0.229 e. The molecule has 0 unspecified atom stereocenters. The van der Waals surface area contributed by atoms with Crippen molar-refractivity contribution in [3.63, 3.8) is 0 Å². The molecule has 2 heterocycles. The number of hydrogen-bond donors (Lipinski definition) is 5. The van der Waals surface area contributed by atoms with Gasteiger partial charge in [0.1, 0.15) is 35.0 Å². The summed E-state index contributed by atoms with van der Waals surface area (Å²) in [5, 5.41) is 50.7. The summed E-state index contributed by atoms with van der Waals surface area (Å²) < 4.78 is 32.8. The van der Waals surface area contributed by atoms with Crippen molar-refractivity contribution in [2.45, 2.75) is 37.6 Å². The third-order valence-corrected chi connectivity index (χ3v) is 5.91. The van der Waals surface area contributed by atoms with Gasteiger partial charge in [-0.1, -0.05) is 0 Å². The van der Waals surface area contributed by atoms with Crippen LogP contribution in [-0.4, -0.2) is 77.6 Å². The summed E-state index contributed by atoms with van der Waals surface area (Å²) in [6.07, 6.45) is -6.65. The Morgan fingerprint density at radius 2 is 1.50 bits per heavy atom. The average molecular weight is 506 g/mol. The molecule has 1 fully saturated rings. The summed E-state index contributed by atoms with van der Waals surface area (Å²) >= 11 is 0. The van der Waals surface area contributed by atoms with E-state index in [1.54, 1.807) is 0 Å². The Kier molecular flexibility index (Phi) is 6.87. The molecule has 1 saturated heterocycles. The fourth-order valence-corrected chi connectivity index (χ4v) is 4.01. The number of hydrogen-bond acceptors (Lipinski definition) is 12. The summed E-state index contributed by atoms with van der Waals surface area (Å²) in [6.45, 7) is 1.51. The lowest BCUT2D eigenvalue weighted by atomic mass is 10.00. The summed E-state index contributed by atoms with van der Waals surface area (Å²) in [7, 11) is 3.96. The van der Waals surface area contributed by atoms with Crippen LogP contribution in [0.2, 0.25) is 0 Å². The SMILES string of the molecule is COc1cc(-c2cc(=O)c3c(O)c(OC)c(O)cc3o2)cc(O[C@@H]2O[C@@H](C)[C@H](O)[C@@H](O)[C@@H]2O)c1OC. The molecule has 1 aromatic heterocycles. The zero-order valence-electron chi connectivity index (χ0n) is 19.8. The van der Waals surface area contributed by atoms with E-state index >= 15 is 0 Å². The number of rotatable bonds is 6. The van der Waals surface area contributed by atoms with Gasteiger partial charge in [0.25, 0.3) is 0 Å². The maximum atomic E-state index is 12.8. The van der Waals surface area contributed by atoms with Crippen LogP contribution in [0, 0.1) is 0 Å². The first kappa shape index (κ1) is 25.4. The van der Waals surface area contributed by atoms with Gasteiger partial charge < -0.3 is 53.6 Å². The Labute approximate surface area is 204 Å². The number of phenols is 2. The summed E-state index contributed by atoms with van der Waals surface area (Å²) in [6, 6.07) is 5.18. The number of benzene rings is 2. The summed E-state index contributed by atoms with van der Waals surface area (Å²) in [5.41, 5.74) is -0.450. The molecule has 0 radical (unpaired) electrons. The van der Waals surface area contributed by atoms with Gasteiger partial charge in [-0.3, -0.25) is 4.79 Å². The van der Waals surface area contributed by atoms with Crippen LogP contribution in [0.4, 0.5) is 0 Å². The second-order valence-corrected chi connectivity index (χ2v) is 8.13. The van der Waals surface area contributed by atoms with Crippen molar-refractivity contribution >= 4 is 11.0 Å². The highest BCUT2D eigenvalue weighted by Crippen LogP contribution is 2.44. The Hall–Kier alpha value is -3.71. The largest absolute Gasteiger partial charge is 0.504 e. The van der Waals surface area contributed by atoms with Crippen LogP contribution in [-0.2, 0) is 4.74 Å². The first-order valence-corrected chi connectivity index (χ1v) is 10.8. The molecular formula is C24H26O12. The van der Waals surface area contributed by atoms with Gasteiger partial charge in [0, 0.05) is 17.7 Å². The zero-order chi connectivity index (χ0) is 26.3. The van der Waals surface area contributed by atoms with Crippen LogP contribution >= 0.6 is 0 Å². The highest BCUT2D eigenvalue weighted by molar-refractivity contribution is 5.89. The minimum atomic E-state index is -1.59.